The van der Waals surface area contributed by atoms with Crippen LogP contribution in [-0.4, -0.2) is 8.80 Å². The van der Waals surface area contributed by atoms with Gasteiger partial charge in [0.05, 0.1) is 0 Å². The molecule has 0 aliphatic heterocycles. The van der Waals surface area contributed by atoms with Crippen LogP contribution in [-0.2, 0) is 10.8 Å². The van der Waals surface area contributed by atoms with E-state index < -0.39 is 8.80 Å². The van der Waals surface area contributed by atoms with Crippen LogP contribution in [0.3, 0.4) is 0 Å². The van der Waals surface area contributed by atoms with Gasteiger partial charge in [-0.2, -0.15) is 0 Å². The smallest absolute Gasteiger partial charge is 0.0625 e. The van der Waals surface area contributed by atoms with E-state index in [2.05, 4.69) is 120 Å². The first-order valence-corrected chi connectivity index (χ1v) is 11.7. The summed E-state index contributed by atoms with van der Waals surface area (Å²) in [5.41, 5.74) is 3.18. The fourth-order valence-electron chi connectivity index (χ4n) is 3.57. The summed E-state index contributed by atoms with van der Waals surface area (Å²) in [4.78, 5) is 0. The summed E-state index contributed by atoms with van der Waals surface area (Å²) in [5, 5.41) is 4.44. The molecular weight excluding hydrogens is 340 g/mol. The average molecular weight is 373 g/mol. The molecule has 0 aliphatic rings. The summed E-state index contributed by atoms with van der Waals surface area (Å²) < 4.78 is 0. The second kappa shape index (κ2) is 7.48. The molecule has 0 amide bonds. The largest absolute Gasteiger partial charge is 0.132 e. The number of hydrogen-bond acceptors (Lipinski definition) is 0. The zero-order valence-electron chi connectivity index (χ0n) is 17.6. The maximum atomic E-state index is 2.36. The highest BCUT2D eigenvalue weighted by Gasteiger charge is 2.21. The summed E-state index contributed by atoms with van der Waals surface area (Å²) in [6, 6.07) is 29.8. The van der Waals surface area contributed by atoms with Gasteiger partial charge in [-0.15, -0.1) is 0 Å². The average Bonchev–Trinajstić information content (AvgIpc) is 2.62. The minimum absolute atomic E-state index is 0.191. The third-order valence-electron chi connectivity index (χ3n) is 5.35. The first-order valence-electron chi connectivity index (χ1n) is 9.92. The summed E-state index contributed by atoms with van der Waals surface area (Å²) >= 11 is 0. The van der Waals surface area contributed by atoms with Crippen LogP contribution in [0.15, 0.2) is 78.9 Å². The zero-order valence-corrected chi connectivity index (χ0v) is 18.7. The zero-order chi connectivity index (χ0) is 19.7. The molecule has 0 heterocycles. The van der Waals surface area contributed by atoms with Crippen LogP contribution in [0.4, 0.5) is 0 Å². The fourth-order valence-corrected chi connectivity index (χ4v) is 6.49. The van der Waals surface area contributed by atoms with Gasteiger partial charge in [0.15, 0.2) is 0 Å². The molecule has 3 aromatic rings. The maximum Gasteiger partial charge on any atom is 0.132 e. The van der Waals surface area contributed by atoms with Crippen molar-refractivity contribution in [3.63, 3.8) is 0 Å². The molecule has 0 aliphatic carbocycles. The molecule has 0 bridgehead atoms. The van der Waals surface area contributed by atoms with E-state index in [0.717, 1.165) is 0 Å². The van der Waals surface area contributed by atoms with Gasteiger partial charge < -0.3 is 0 Å². The molecule has 3 rings (SSSR count). The number of hydrogen-bond donors (Lipinski definition) is 0. The number of rotatable bonds is 3. The topological polar surface area (TPSA) is 0 Å². The SMILES string of the molecule is CC(C)(C)c1ccc([SiH](c2ccccc2)c2ccc(C(C)(C)C)cc2)cc1. The molecule has 0 unspecified atom stereocenters. The van der Waals surface area contributed by atoms with Gasteiger partial charge in [0.25, 0.3) is 0 Å². The summed E-state index contributed by atoms with van der Waals surface area (Å²) in [6.07, 6.45) is 0. The lowest BCUT2D eigenvalue weighted by atomic mass is 9.87. The van der Waals surface area contributed by atoms with Crippen molar-refractivity contribution in [3.8, 4) is 0 Å². The molecule has 27 heavy (non-hydrogen) atoms. The van der Waals surface area contributed by atoms with E-state index in [9.17, 15) is 0 Å². The molecule has 1 heteroatoms. The molecule has 3 aromatic carbocycles. The van der Waals surface area contributed by atoms with Gasteiger partial charge >= 0.3 is 0 Å². The molecule has 0 atom stereocenters. The Morgan fingerprint density at radius 1 is 0.444 bits per heavy atom. The Labute approximate surface area is 166 Å². The van der Waals surface area contributed by atoms with Gasteiger partial charge in [0.1, 0.15) is 8.80 Å². The van der Waals surface area contributed by atoms with Crippen LogP contribution < -0.4 is 15.6 Å². The van der Waals surface area contributed by atoms with E-state index in [1.165, 1.54) is 26.7 Å². The standard InChI is InChI=1S/C26H32Si/c1-25(2,3)20-12-16-23(17-13-20)27(22-10-8-7-9-11-22)24-18-14-21(15-19-24)26(4,5)6/h7-19,27H,1-6H3. The Hall–Kier alpha value is -2.12. The third kappa shape index (κ3) is 4.59. The summed E-state index contributed by atoms with van der Waals surface area (Å²) in [6.45, 7) is 13.7. The van der Waals surface area contributed by atoms with Gasteiger partial charge in [0.2, 0.25) is 0 Å². The molecule has 140 valence electrons. The summed E-state index contributed by atoms with van der Waals surface area (Å²) in [7, 11) is -1.46. The second-order valence-corrected chi connectivity index (χ2v) is 12.5. The molecule has 0 aromatic heterocycles. The minimum atomic E-state index is -1.46. The van der Waals surface area contributed by atoms with Crippen molar-refractivity contribution in [2.75, 3.05) is 0 Å². The molecule has 0 saturated heterocycles. The molecule has 0 fully saturated rings. The lowest BCUT2D eigenvalue weighted by Crippen LogP contribution is -2.52. The van der Waals surface area contributed by atoms with Crippen LogP contribution in [0.1, 0.15) is 52.7 Å². The first-order chi connectivity index (χ1) is 12.7. The van der Waals surface area contributed by atoms with E-state index in [0.29, 0.717) is 0 Å². The molecule has 0 saturated carbocycles. The Kier molecular flexibility index (Phi) is 5.44. The van der Waals surface area contributed by atoms with Crippen molar-refractivity contribution in [1.82, 2.24) is 0 Å². The fraction of sp³-hybridized carbons (Fsp3) is 0.308. The molecular formula is C26H32Si. The van der Waals surface area contributed by atoms with Crippen molar-refractivity contribution < 1.29 is 0 Å². The lowest BCUT2D eigenvalue weighted by molar-refractivity contribution is 0.590. The first kappa shape index (κ1) is 19.6. The quantitative estimate of drug-likeness (QED) is 0.468. The highest BCUT2D eigenvalue weighted by Crippen LogP contribution is 2.22. The van der Waals surface area contributed by atoms with Crippen LogP contribution in [0.2, 0.25) is 0 Å². The molecule has 0 N–H and O–H groups in total. The van der Waals surface area contributed by atoms with Crippen molar-refractivity contribution in [2.24, 2.45) is 0 Å². The molecule has 0 radical (unpaired) electrons. The lowest BCUT2D eigenvalue weighted by Gasteiger charge is -2.23. The maximum absolute atomic E-state index is 2.36. The molecule has 0 nitrogen and oxygen atoms in total. The second-order valence-electron chi connectivity index (χ2n) is 9.59. The van der Waals surface area contributed by atoms with E-state index in [1.54, 1.807) is 0 Å². The normalized spacial score (nSPS) is 12.4. The Bertz CT molecular complexity index is 803. The summed E-state index contributed by atoms with van der Waals surface area (Å²) in [5.74, 6) is 0. The van der Waals surface area contributed by atoms with E-state index in [-0.39, 0.29) is 10.8 Å². The van der Waals surface area contributed by atoms with Crippen molar-refractivity contribution in [1.29, 1.82) is 0 Å². The van der Waals surface area contributed by atoms with Crippen molar-refractivity contribution in [3.05, 3.63) is 90.0 Å². The number of benzene rings is 3. The van der Waals surface area contributed by atoms with Crippen LogP contribution in [0, 0.1) is 0 Å². The van der Waals surface area contributed by atoms with Crippen LogP contribution in [0.5, 0.6) is 0 Å². The van der Waals surface area contributed by atoms with Crippen LogP contribution >= 0.6 is 0 Å². The highest BCUT2D eigenvalue weighted by atomic mass is 28.3. The van der Waals surface area contributed by atoms with Crippen molar-refractivity contribution in [2.45, 2.75) is 52.4 Å². The highest BCUT2D eigenvalue weighted by molar-refractivity contribution is 6.95. The van der Waals surface area contributed by atoms with Gasteiger partial charge in [0, 0.05) is 0 Å². The van der Waals surface area contributed by atoms with Gasteiger partial charge in [-0.25, -0.2) is 0 Å². The Morgan fingerprint density at radius 2 is 0.778 bits per heavy atom. The van der Waals surface area contributed by atoms with E-state index in [4.69, 9.17) is 0 Å². The van der Waals surface area contributed by atoms with Gasteiger partial charge in [-0.3, -0.25) is 0 Å². The van der Waals surface area contributed by atoms with E-state index in [1.807, 2.05) is 0 Å². The van der Waals surface area contributed by atoms with Crippen molar-refractivity contribution >= 4 is 24.4 Å². The third-order valence-corrected chi connectivity index (χ3v) is 8.51. The van der Waals surface area contributed by atoms with Gasteiger partial charge in [-0.05, 0) is 22.0 Å². The predicted molar refractivity (Wildman–Crippen MR) is 123 cm³/mol. The molecule has 0 spiro atoms. The van der Waals surface area contributed by atoms with E-state index >= 15 is 0 Å². The monoisotopic (exact) mass is 372 g/mol. The minimum Gasteiger partial charge on any atom is -0.0625 e. The Balaban J connectivity index is 2.05. The predicted octanol–water partition coefficient (Wildman–Crippen LogP) is 4.53. The Morgan fingerprint density at radius 3 is 1.11 bits per heavy atom. The van der Waals surface area contributed by atoms with Gasteiger partial charge in [-0.1, -0.05) is 136 Å². The van der Waals surface area contributed by atoms with Crippen LogP contribution in [0.25, 0.3) is 0 Å².